The first-order valence-electron chi connectivity index (χ1n) is 8.13. The summed E-state index contributed by atoms with van der Waals surface area (Å²) in [6, 6.07) is 8.49. The fraction of sp³-hybridized carbons (Fsp3) is 0.444. The van der Waals surface area contributed by atoms with Gasteiger partial charge < -0.3 is 10.0 Å². The second-order valence-corrected chi connectivity index (χ2v) is 6.20. The van der Waals surface area contributed by atoms with Crippen molar-refractivity contribution in [3.63, 3.8) is 0 Å². The Morgan fingerprint density at radius 2 is 1.91 bits per heavy atom. The monoisotopic (exact) mass is 313 g/mol. The molecule has 2 heterocycles. The van der Waals surface area contributed by atoms with Crippen molar-refractivity contribution in [1.82, 2.24) is 14.8 Å². The van der Waals surface area contributed by atoms with E-state index in [-0.39, 0.29) is 6.42 Å². The van der Waals surface area contributed by atoms with E-state index in [2.05, 4.69) is 39.9 Å². The molecule has 1 saturated heterocycles. The minimum Gasteiger partial charge on any atom is -0.481 e. The quantitative estimate of drug-likeness (QED) is 0.916. The normalized spacial score (nSPS) is 16.7. The topological polar surface area (TPSA) is 56.7 Å². The molecule has 1 aliphatic rings. The lowest BCUT2D eigenvalue weighted by Crippen LogP contribution is -2.46. The number of pyridine rings is 1. The van der Waals surface area contributed by atoms with Crippen molar-refractivity contribution < 1.29 is 9.90 Å². The van der Waals surface area contributed by atoms with Crippen molar-refractivity contribution in [3.8, 4) is 0 Å². The van der Waals surface area contributed by atoms with Gasteiger partial charge >= 0.3 is 5.97 Å². The summed E-state index contributed by atoms with van der Waals surface area (Å²) in [5.74, 6) is -0.717. The summed E-state index contributed by atoms with van der Waals surface area (Å²) in [7, 11) is 0. The van der Waals surface area contributed by atoms with Crippen molar-refractivity contribution in [2.75, 3.05) is 32.7 Å². The van der Waals surface area contributed by atoms with Crippen LogP contribution < -0.4 is 0 Å². The number of hydrogen-bond acceptors (Lipinski definition) is 4. The number of benzene rings is 1. The molecule has 1 aromatic heterocycles. The van der Waals surface area contributed by atoms with Gasteiger partial charge in [-0.05, 0) is 24.1 Å². The number of carboxylic acids is 1. The standard InChI is InChI=1S/C18H23N3O2/c1-14-4-5-15(16-3-2-7-19-18(14)16)13-21-11-9-20(10-12-21)8-6-17(22)23/h2-5,7H,6,8-13H2,1H3,(H,22,23). The molecule has 0 amide bonds. The lowest BCUT2D eigenvalue weighted by atomic mass is 10.0. The molecule has 3 rings (SSSR count). The van der Waals surface area contributed by atoms with Crippen LogP contribution in [0.3, 0.4) is 0 Å². The fourth-order valence-corrected chi connectivity index (χ4v) is 3.18. The summed E-state index contributed by atoms with van der Waals surface area (Å²) in [6.45, 7) is 7.52. The molecular weight excluding hydrogens is 290 g/mol. The van der Waals surface area contributed by atoms with Crippen LogP contribution in [-0.2, 0) is 11.3 Å². The van der Waals surface area contributed by atoms with Crippen LogP contribution >= 0.6 is 0 Å². The Morgan fingerprint density at radius 1 is 1.17 bits per heavy atom. The SMILES string of the molecule is Cc1ccc(CN2CCN(CCC(=O)O)CC2)c2cccnc12. The van der Waals surface area contributed by atoms with Gasteiger partial charge in [0.15, 0.2) is 0 Å². The summed E-state index contributed by atoms with van der Waals surface area (Å²) in [5.41, 5.74) is 3.62. The first-order valence-corrected chi connectivity index (χ1v) is 8.13. The van der Waals surface area contributed by atoms with Gasteiger partial charge in [0.1, 0.15) is 0 Å². The fourth-order valence-electron chi connectivity index (χ4n) is 3.18. The van der Waals surface area contributed by atoms with E-state index >= 15 is 0 Å². The molecule has 122 valence electrons. The average molecular weight is 313 g/mol. The second kappa shape index (κ2) is 7.06. The van der Waals surface area contributed by atoms with Gasteiger partial charge in [0.05, 0.1) is 11.9 Å². The van der Waals surface area contributed by atoms with Gasteiger partial charge in [0.25, 0.3) is 0 Å². The second-order valence-electron chi connectivity index (χ2n) is 6.20. The Labute approximate surface area is 136 Å². The zero-order valence-electron chi connectivity index (χ0n) is 13.5. The van der Waals surface area contributed by atoms with Gasteiger partial charge in [0, 0.05) is 50.9 Å². The van der Waals surface area contributed by atoms with Crippen LogP contribution in [0.2, 0.25) is 0 Å². The third kappa shape index (κ3) is 3.86. The van der Waals surface area contributed by atoms with Crippen LogP contribution in [-0.4, -0.2) is 58.6 Å². The van der Waals surface area contributed by atoms with Gasteiger partial charge in [-0.25, -0.2) is 0 Å². The highest BCUT2D eigenvalue weighted by molar-refractivity contribution is 5.84. The van der Waals surface area contributed by atoms with E-state index in [0.717, 1.165) is 38.2 Å². The minimum absolute atomic E-state index is 0.230. The number of hydrogen-bond donors (Lipinski definition) is 1. The summed E-state index contributed by atoms with van der Waals surface area (Å²) >= 11 is 0. The summed E-state index contributed by atoms with van der Waals surface area (Å²) in [4.78, 5) is 19.8. The molecular formula is C18H23N3O2. The van der Waals surface area contributed by atoms with Crippen LogP contribution in [0.1, 0.15) is 17.5 Å². The van der Waals surface area contributed by atoms with Gasteiger partial charge in [-0.2, -0.15) is 0 Å². The number of carboxylic acid groups (broad SMARTS) is 1. The van der Waals surface area contributed by atoms with Crippen molar-refractivity contribution >= 4 is 16.9 Å². The maximum absolute atomic E-state index is 10.7. The molecule has 0 aliphatic carbocycles. The molecule has 23 heavy (non-hydrogen) atoms. The highest BCUT2D eigenvalue weighted by Crippen LogP contribution is 2.22. The number of fused-ring (bicyclic) bond motifs is 1. The van der Waals surface area contributed by atoms with Gasteiger partial charge in [-0.3, -0.25) is 14.7 Å². The van der Waals surface area contributed by atoms with Crippen molar-refractivity contribution in [2.45, 2.75) is 19.9 Å². The lowest BCUT2D eigenvalue weighted by Gasteiger charge is -2.34. The van der Waals surface area contributed by atoms with Gasteiger partial charge in [-0.15, -0.1) is 0 Å². The molecule has 1 N–H and O–H groups in total. The maximum atomic E-state index is 10.7. The van der Waals surface area contributed by atoms with Gasteiger partial charge in [-0.1, -0.05) is 18.2 Å². The molecule has 0 unspecified atom stereocenters. The molecule has 0 spiro atoms. The third-order valence-electron chi connectivity index (χ3n) is 4.56. The predicted octanol–water partition coefficient (Wildman–Crippen LogP) is 2.14. The molecule has 0 radical (unpaired) electrons. The minimum atomic E-state index is -0.717. The number of aliphatic carboxylic acids is 1. The summed E-state index contributed by atoms with van der Waals surface area (Å²) in [6.07, 6.45) is 2.08. The molecule has 0 bridgehead atoms. The first-order chi connectivity index (χ1) is 11.1. The largest absolute Gasteiger partial charge is 0.481 e. The van der Waals surface area contributed by atoms with Crippen molar-refractivity contribution in [3.05, 3.63) is 41.6 Å². The Bertz CT molecular complexity index is 694. The molecule has 1 fully saturated rings. The number of piperazine rings is 1. The molecule has 5 heteroatoms. The van der Waals surface area contributed by atoms with E-state index < -0.39 is 5.97 Å². The Kier molecular flexibility index (Phi) is 4.88. The molecule has 1 aromatic carbocycles. The molecule has 5 nitrogen and oxygen atoms in total. The van der Waals surface area contributed by atoms with Crippen LogP contribution in [0.15, 0.2) is 30.5 Å². The number of aromatic nitrogens is 1. The van der Waals surface area contributed by atoms with E-state index in [1.807, 2.05) is 12.3 Å². The molecule has 0 saturated carbocycles. The zero-order valence-corrected chi connectivity index (χ0v) is 13.5. The molecule has 0 atom stereocenters. The maximum Gasteiger partial charge on any atom is 0.304 e. The van der Waals surface area contributed by atoms with Crippen LogP contribution in [0.25, 0.3) is 10.9 Å². The van der Waals surface area contributed by atoms with E-state index in [1.165, 1.54) is 16.5 Å². The Hall–Kier alpha value is -1.98. The highest BCUT2D eigenvalue weighted by Gasteiger charge is 2.18. The van der Waals surface area contributed by atoms with Crippen molar-refractivity contribution in [1.29, 1.82) is 0 Å². The van der Waals surface area contributed by atoms with E-state index in [9.17, 15) is 4.79 Å². The van der Waals surface area contributed by atoms with Gasteiger partial charge in [0.2, 0.25) is 0 Å². The van der Waals surface area contributed by atoms with E-state index in [0.29, 0.717) is 6.54 Å². The number of nitrogens with zero attached hydrogens (tertiary/aromatic N) is 3. The summed E-state index contributed by atoms with van der Waals surface area (Å²) in [5, 5.41) is 10.0. The number of rotatable bonds is 5. The summed E-state index contributed by atoms with van der Waals surface area (Å²) < 4.78 is 0. The average Bonchev–Trinajstić information content (AvgIpc) is 2.57. The Balaban J connectivity index is 1.63. The number of carbonyl (C=O) groups is 1. The smallest absolute Gasteiger partial charge is 0.304 e. The number of aryl methyl sites for hydroxylation is 1. The zero-order chi connectivity index (χ0) is 16.2. The molecule has 2 aromatic rings. The van der Waals surface area contributed by atoms with E-state index in [1.54, 1.807) is 0 Å². The third-order valence-corrected chi connectivity index (χ3v) is 4.56. The van der Waals surface area contributed by atoms with Crippen LogP contribution in [0, 0.1) is 6.92 Å². The predicted molar refractivity (Wildman–Crippen MR) is 90.4 cm³/mol. The van der Waals surface area contributed by atoms with Crippen molar-refractivity contribution in [2.24, 2.45) is 0 Å². The first kappa shape index (κ1) is 15.9. The molecule has 1 aliphatic heterocycles. The highest BCUT2D eigenvalue weighted by atomic mass is 16.4. The lowest BCUT2D eigenvalue weighted by molar-refractivity contribution is -0.137. The van der Waals surface area contributed by atoms with Crippen LogP contribution in [0.4, 0.5) is 0 Å². The Morgan fingerprint density at radius 3 is 2.65 bits per heavy atom. The van der Waals surface area contributed by atoms with Crippen LogP contribution in [0.5, 0.6) is 0 Å². The van der Waals surface area contributed by atoms with E-state index in [4.69, 9.17) is 5.11 Å².